The lowest BCUT2D eigenvalue weighted by atomic mass is 10.2. The van der Waals surface area contributed by atoms with Gasteiger partial charge in [-0.05, 0) is 29.8 Å². The maximum Gasteiger partial charge on any atom is 0.354 e. The Hall–Kier alpha value is -3.79. The first-order valence-electron chi connectivity index (χ1n) is 8.24. The van der Waals surface area contributed by atoms with Crippen molar-refractivity contribution in [3.8, 4) is 0 Å². The highest BCUT2D eigenvalue weighted by Gasteiger charge is 2.23. The zero-order valence-corrected chi connectivity index (χ0v) is 15.5. The largest absolute Gasteiger partial charge is 0.360 e. The lowest BCUT2D eigenvalue weighted by Crippen LogP contribution is -2.31. The predicted octanol–water partition coefficient (Wildman–Crippen LogP) is 3.55. The van der Waals surface area contributed by atoms with E-state index in [1.807, 2.05) is 0 Å². The Morgan fingerprint density at radius 3 is 2.48 bits per heavy atom. The number of aromatic nitrogens is 2. The molecule has 0 unspecified atom stereocenters. The number of halogens is 2. The lowest BCUT2D eigenvalue weighted by molar-refractivity contribution is -0.383. The number of carbonyl (C=O) groups is 1. The molecule has 0 atom stereocenters. The Labute approximate surface area is 169 Å². The van der Waals surface area contributed by atoms with Crippen molar-refractivity contribution >= 4 is 34.8 Å². The van der Waals surface area contributed by atoms with Crippen molar-refractivity contribution < 1.29 is 14.1 Å². The van der Waals surface area contributed by atoms with Crippen LogP contribution >= 0.6 is 11.6 Å². The van der Waals surface area contributed by atoms with Crippen LogP contribution in [0.2, 0.25) is 5.02 Å². The maximum atomic E-state index is 13.7. The molecule has 29 heavy (non-hydrogen) atoms. The van der Waals surface area contributed by atoms with Crippen LogP contribution in [0.5, 0.6) is 0 Å². The molecule has 0 saturated carbocycles. The molecule has 0 fully saturated rings. The summed E-state index contributed by atoms with van der Waals surface area (Å²) >= 11 is 5.83. The fraction of sp³-hybridized carbons (Fsp3) is 0.0556. The van der Waals surface area contributed by atoms with E-state index in [0.717, 1.165) is 18.0 Å². The summed E-state index contributed by atoms with van der Waals surface area (Å²) in [5.41, 5.74) is 4.67. The quantitative estimate of drug-likeness (QED) is 0.397. The second-order valence-corrected chi connectivity index (χ2v) is 6.15. The number of amides is 1. The Morgan fingerprint density at radius 2 is 1.79 bits per heavy atom. The van der Waals surface area contributed by atoms with E-state index in [0.29, 0.717) is 5.02 Å². The van der Waals surface area contributed by atoms with Crippen molar-refractivity contribution in [1.82, 2.24) is 15.4 Å². The summed E-state index contributed by atoms with van der Waals surface area (Å²) in [5, 5.41) is 14.9. The van der Waals surface area contributed by atoms with Crippen molar-refractivity contribution in [3.05, 3.63) is 86.9 Å². The number of nitrogens with one attached hydrogen (secondary N) is 3. The van der Waals surface area contributed by atoms with E-state index in [2.05, 4.69) is 26.1 Å². The van der Waals surface area contributed by atoms with Crippen molar-refractivity contribution in [2.24, 2.45) is 0 Å². The monoisotopic (exact) mass is 416 g/mol. The highest BCUT2D eigenvalue weighted by molar-refractivity contribution is 6.30. The number of hydrogen-bond acceptors (Lipinski definition) is 7. The summed E-state index contributed by atoms with van der Waals surface area (Å²) in [6, 6.07) is 12.2. The number of nitrogens with zero attached hydrogens (tertiary/aromatic N) is 3. The van der Waals surface area contributed by atoms with Gasteiger partial charge in [0, 0.05) is 11.6 Å². The molecule has 3 rings (SSSR count). The number of carbonyl (C=O) groups excluding carboxylic acids is 1. The molecule has 2 aromatic carbocycles. The average Bonchev–Trinajstić information content (AvgIpc) is 2.71. The molecule has 1 amide bonds. The Morgan fingerprint density at radius 1 is 1.10 bits per heavy atom. The summed E-state index contributed by atoms with van der Waals surface area (Å²) in [6.07, 6.45) is 1.09. The molecule has 3 aromatic rings. The van der Waals surface area contributed by atoms with Crippen molar-refractivity contribution in [2.75, 3.05) is 10.7 Å². The van der Waals surface area contributed by atoms with Crippen LogP contribution < -0.4 is 16.2 Å². The number of nitro groups is 1. The molecule has 0 aliphatic carbocycles. The normalized spacial score (nSPS) is 10.3. The molecule has 3 N–H and O–H groups in total. The first-order valence-corrected chi connectivity index (χ1v) is 8.62. The highest BCUT2D eigenvalue weighted by Crippen LogP contribution is 2.28. The Bertz CT molecular complexity index is 1050. The van der Waals surface area contributed by atoms with Gasteiger partial charge in [-0.15, -0.1) is 0 Å². The zero-order valence-electron chi connectivity index (χ0n) is 14.7. The van der Waals surface area contributed by atoms with Gasteiger partial charge < -0.3 is 5.32 Å². The zero-order chi connectivity index (χ0) is 20.8. The van der Waals surface area contributed by atoms with Crippen molar-refractivity contribution in [3.63, 3.8) is 0 Å². The van der Waals surface area contributed by atoms with Gasteiger partial charge in [0.05, 0.1) is 10.5 Å². The summed E-state index contributed by atoms with van der Waals surface area (Å²) in [6.45, 7) is 0.246. The first kappa shape index (κ1) is 20.0. The number of anilines is 2. The van der Waals surface area contributed by atoms with Gasteiger partial charge in [0.1, 0.15) is 12.1 Å². The standard InChI is InChI=1S/C18H14ClFN6O3/c19-12-7-5-11(6-8-12)9-21-16-15(26(28)29)17(23-10-22-16)24-25-18(27)13-3-1-2-4-14(13)20/h1-8,10H,9H2,(H,25,27)(H2,21,22,23,24). The molecule has 9 nitrogen and oxygen atoms in total. The van der Waals surface area contributed by atoms with Crippen LogP contribution in [-0.4, -0.2) is 20.8 Å². The molecule has 0 radical (unpaired) electrons. The Kier molecular flexibility index (Phi) is 6.15. The van der Waals surface area contributed by atoms with E-state index >= 15 is 0 Å². The molecular formula is C18H14ClFN6O3. The smallest absolute Gasteiger partial charge is 0.354 e. The van der Waals surface area contributed by atoms with Gasteiger partial charge in [-0.25, -0.2) is 14.4 Å². The van der Waals surface area contributed by atoms with Gasteiger partial charge >= 0.3 is 5.69 Å². The van der Waals surface area contributed by atoms with Gasteiger partial charge in [-0.1, -0.05) is 35.9 Å². The van der Waals surface area contributed by atoms with Crippen molar-refractivity contribution in [1.29, 1.82) is 0 Å². The molecule has 0 saturated heterocycles. The third-order valence-corrected chi connectivity index (χ3v) is 4.04. The van der Waals surface area contributed by atoms with Gasteiger partial charge in [0.25, 0.3) is 5.91 Å². The first-order chi connectivity index (χ1) is 14.0. The summed E-state index contributed by atoms with van der Waals surface area (Å²) in [5.74, 6) is -1.85. The molecule has 1 aromatic heterocycles. The van der Waals surface area contributed by atoms with Crippen molar-refractivity contribution in [2.45, 2.75) is 6.54 Å². The van der Waals surface area contributed by atoms with E-state index in [4.69, 9.17) is 11.6 Å². The molecule has 148 valence electrons. The third-order valence-electron chi connectivity index (χ3n) is 3.79. The van der Waals surface area contributed by atoms with Crippen LogP contribution in [0, 0.1) is 15.9 Å². The third kappa shape index (κ3) is 4.93. The van der Waals surface area contributed by atoms with Crippen LogP contribution in [0.3, 0.4) is 0 Å². The van der Waals surface area contributed by atoms with E-state index < -0.39 is 22.3 Å². The van der Waals surface area contributed by atoms with E-state index in [1.165, 1.54) is 18.2 Å². The highest BCUT2D eigenvalue weighted by atomic mass is 35.5. The molecule has 0 aliphatic rings. The SMILES string of the molecule is O=C(NNc1ncnc(NCc2ccc(Cl)cc2)c1[N+](=O)[O-])c1ccccc1F. The van der Waals surface area contributed by atoms with Crippen LogP contribution in [-0.2, 0) is 6.54 Å². The number of hydrazine groups is 1. The van der Waals surface area contributed by atoms with Gasteiger partial charge in [0.15, 0.2) is 0 Å². The molecular weight excluding hydrogens is 403 g/mol. The van der Waals surface area contributed by atoms with Gasteiger partial charge in [-0.2, -0.15) is 0 Å². The maximum absolute atomic E-state index is 13.7. The second-order valence-electron chi connectivity index (χ2n) is 5.72. The fourth-order valence-electron chi connectivity index (χ4n) is 2.39. The summed E-state index contributed by atoms with van der Waals surface area (Å²) in [7, 11) is 0. The number of benzene rings is 2. The van der Waals surface area contributed by atoms with E-state index in [9.17, 15) is 19.3 Å². The number of rotatable bonds is 7. The van der Waals surface area contributed by atoms with Crippen LogP contribution in [0.25, 0.3) is 0 Å². The van der Waals surface area contributed by atoms with Crippen LogP contribution in [0.1, 0.15) is 15.9 Å². The van der Waals surface area contributed by atoms with E-state index in [1.54, 1.807) is 24.3 Å². The van der Waals surface area contributed by atoms with Crippen LogP contribution in [0.4, 0.5) is 21.7 Å². The van der Waals surface area contributed by atoms with Crippen LogP contribution in [0.15, 0.2) is 54.9 Å². The molecule has 0 bridgehead atoms. The minimum Gasteiger partial charge on any atom is -0.360 e. The summed E-state index contributed by atoms with van der Waals surface area (Å²) < 4.78 is 13.7. The minimum atomic E-state index is -0.813. The Balaban J connectivity index is 1.76. The molecule has 0 spiro atoms. The van der Waals surface area contributed by atoms with E-state index in [-0.39, 0.29) is 23.7 Å². The summed E-state index contributed by atoms with van der Waals surface area (Å²) in [4.78, 5) is 30.6. The topological polar surface area (TPSA) is 122 Å². The second kappa shape index (κ2) is 8.93. The average molecular weight is 417 g/mol. The van der Waals surface area contributed by atoms with Gasteiger partial charge in [0.2, 0.25) is 11.6 Å². The lowest BCUT2D eigenvalue weighted by Gasteiger charge is -2.11. The molecule has 1 heterocycles. The predicted molar refractivity (Wildman–Crippen MR) is 105 cm³/mol. The fourth-order valence-corrected chi connectivity index (χ4v) is 2.52. The number of hydrogen-bond donors (Lipinski definition) is 3. The van der Waals surface area contributed by atoms with Gasteiger partial charge in [-0.3, -0.25) is 25.8 Å². The molecule has 11 heteroatoms. The minimum absolute atomic E-state index is 0.0532. The molecule has 0 aliphatic heterocycles.